The topological polar surface area (TPSA) is 41.5 Å². The number of hydrogen-bond donors (Lipinski definition) is 2. The molecular weight excluding hydrogens is 306 g/mol. The maximum absolute atomic E-state index is 11.7. The van der Waals surface area contributed by atoms with Crippen LogP contribution in [0, 0.1) is 5.92 Å². The average Bonchev–Trinajstić information content (AvgIpc) is 3.08. The fourth-order valence-corrected chi connectivity index (χ4v) is 4.79. The lowest BCUT2D eigenvalue weighted by Crippen LogP contribution is -2.44. The molecular formula is C19H27NO2S. The maximum Gasteiger partial charge on any atom is 0.0950 e. The molecule has 0 bridgehead atoms. The summed E-state index contributed by atoms with van der Waals surface area (Å²) in [5.41, 5.74) is 0.377. The molecule has 1 aliphatic heterocycles. The van der Waals surface area contributed by atoms with Crippen molar-refractivity contribution in [1.82, 2.24) is 5.32 Å². The first-order chi connectivity index (χ1) is 11.3. The third kappa shape index (κ3) is 3.61. The number of methoxy groups -OCH3 is 1. The van der Waals surface area contributed by atoms with Gasteiger partial charge in [-0.15, -0.1) is 11.3 Å². The first-order valence-corrected chi connectivity index (χ1v) is 9.52. The third-order valence-electron chi connectivity index (χ3n) is 5.07. The summed E-state index contributed by atoms with van der Waals surface area (Å²) in [7, 11) is 1.74. The van der Waals surface area contributed by atoms with Gasteiger partial charge in [-0.25, -0.2) is 0 Å². The van der Waals surface area contributed by atoms with Gasteiger partial charge in [-0.05, 0) is 55.5 Å². The molecule has 0 unspecified atom stereocenters. The molecule has 3 rings (SSSR count). The summed E-state index contributed by atoms with van der Waals surface area (Å²) in [6.07, 6.45) is 5.03. The van der Waals surface area contributed by atoms with Gasteiger partial charge in [-0.3, -0.25) is 0 Å². The number of rotatable bonds is 7. The minimum atomic E-state index is -0.745. The first kappa shape index (κ1) is 16.9. The Kier molecular flexibility index (Phi) is 5.70. The Labute approximate surface area is 142 Å². The van der Waals surface area contributed by atoms with E-state index in [2.05, 4.69) is 35.0 Å². The van der Waals surface area contributed by atoms with Crippen LogP contribution in [-0.2, 0) is 10.3 Å². The Morgan fingerprint density at radius 2 is 2.26 bits per heavy atom. The summed E-state index contributed by atoms with van der Waals surface area (Å²) < 4.78 is 6.42. The van der Waals surface area contributed by atoms with Crippen molar-refractivity contribution in [3.8, 4) is 0 Å². The summed E-state index contributed by atoms with van der Waals surface area (Å²) in [6, 6.07) is 8.50. The van der Waals surface area contributed by atoms with Gasteiger partial charge in [0.25, 0.3) is 0 Å². The predicted molar refractivity (Wildman–Crippen MR) is 97.0 cm³/mol. The molecule has 2 atom stereocenters. The highest BCUT2D eigenvalue weighted by Crippen LogP contribution is 2.42. The monoisotopic (exact) mass is 333 g/mol. The van der Waals surface area contributed by atoms with E-state index in [1.54, 1.807) is 18.4 Å². The normalized spacial score (nSPS) is 21.4. The van der Waals surface area contributed by atoms with Gasteiger partial charge in [0.15, 0.2) is 0 Å². The zero-order chi connectivity index (χ0) is 16.1. The Morgan fingerprint density at radius 1 is 1.35 bits per heavy atom. The quantitative estimate of drug-likeness (QED) is 0.755. The number of fused-ring (bicyclic) bond motifs is 1. The number of aliphatic hydroxyl groups is 1. The van der Waals surface area contributed by atoms with Crippen molar-refractivity contribution in [2.75, 3.05) is 26.8 Å². The van der Waals surface area contributed by atoms with Crippen molar-refractivity contribution in [2.24, 2.45) is 5.92 Å². The van der Waals surface area contributed by atoms with Crippen LogP contribution in [0.15, 0.2) is 29.6 Å². The Bertz CT molecular complexity index is 621. The first-order valence-electron chi connectivity index (χ1n) is 8.64. The van der Waals surface area contributed by atoms with Crippen molar-refractivity contribution in [2.45, 2.75) is 37.7 Å². The van der Waals surface area contributed by atoms with Gasteiger partial charge in [-0.1, -0.05) is 18.2 Å². The fourth-order valence-electron chi connectivity index (χ4n) is 3.79. The van der Waals surface area contributed by atoms with E-state index in [0.717, 1.165) is 57.4 Å². The SMILES string of the molecule is COCCCC[C@@](O)(c1cccc2ccsc12)[C@@H]1CCCNC1. The van der Waals surface area contributed by atoms with Gasteiger partial charge >= 0.3 is 0 Å². The molecule has 0 amide bonds. The van der Waals surface area contributed by atoms with E-state index in [9.17, 15) is 5.11 Å². The summed E-state index contributed by atoms with van der Waals surface area (Å²) in [4.78, 5) is 0. The van der Waals surface area contributed by atoms with Crippen LogP contribution in [0.25, 0.3) is 10.1 Å². The largest absolute Gasteiger partial charge is 0.385 e. The van der Waals surface area contributed by atoms with Crippen LogP contribution >= 0.6 is 11.3 Å². The molecule has 2 N–H and O–H groups in total. The molecule has 1 aromatic carbocycles. The lowest BCUT2D eigenvalue weighted by molar-refractivity contribution is -0.0420. The summed E-state index contributed by atoms with van der Waals surface area (Å²) >= 11 is 1.74. The van der Waals surface area contributed by atoms with Gasteiger partial charge in [0.05, 0.1) is 5.60 Å². The Balaban J connectivity index is 1.91. The van der Waals surface area contributed by atoms with E-state index in [1.165, 1.54) is 10.1 Å². The highest BCUT2D eigenvalue weighted by molar-refractivity contribution is 7.17. The second kappa shape index (κ2) is 7.75. The van der Waals surface area contributed by atoms with E-state index in [0.29, 0.717) is 0 Å². The summed E-state index contributed by atoms with van der Waals surface area (Å²) in [5.74, 6) is 0.284. The Hall–Kier alpha value is -0.940. The van der Waals surface area contributed by atoms with Crippen molar-refractivity contribution in [3.05, 3.63) is 35.2 Å². The molecule has 2 heterocycles. The minimum Gasteiger partial charge on any atom is -0.385 e. The number of hydrogen-bond acceptors (Lipinski definition) is 4. The zero-order valence-corrected chi connectivity index (χ0v) is 14.7. The van der Waals surface area contributed by atoms with Crippen molar-refractivity contribution < 1.29 is 9.84 Å². The van der Waals surface area contributed by atoms with Crippen LogP contribution in [0.3, 0.4) is 0 Å². The molecule has 23 heavy (non-hydrogen) atoms. The molecule has 0 radical (unpaired) electrons. The lowest BCUT2D eigenvalue weighted by atomic mass is 9.74. The van der Waals surface area contributed by atoms with E-state index in [1.807, 2.05) is 0 Å². The highest BCUT2D eigenvalue weighted by atomic mass is 32.1. The van der Waals surface area contributed by atoms with Crippen LogP contribution in [0.5, 0.6) is 0 Å². The van der Waals surface area contributed by atoms with Crippen molar-refractivity contribution >= 4 is 21.4 Å². The predicted octanol–water partition coefficient (Wildman–Crippen LogP) is 3.91. The standard InChI is InChI=1S/C19H27NO2S/c1-22-12-3-2-10-19(21,16-7-5-11-20-14-16)17-8-4-6-15-9-13-23-18(15)17/h4,6,8-9,13,16,20-21H,2-3,5,7,10-12,14H2,1H3/t16-,19+/m1/s1. The number of ether oxygens (including phenoxy) is 1. The van der Waals surface area contributed by atoms with Crippen LogP contribution < -0.4 is 5.32 Å². The second-order valence-electron chi connectivity index (χ2n) is 6.56. The highest BCUT2D eigenvalue weighted by Gasteiger charge is 2.39. The second-order valence-corrected chi connectivity index (χ2v) is 7.48. The smallest absolute Gasteiger partial charge is 0.0950 e. The van der Waals surface area contributed by atoms with Gasteiger partial charge in [0.2, 0.25) is 0 Å². The summed E-state index contributed by atoms with van der Waals surface area (Å²) in [6.45, 7) is 2.74. The molecule has 126 valence electrons. The number of thiophene rings is 1. The fraction of sp³-hybridized carbons (Fsp3) is 0.579. The van der Waals surface area contributed by atoms with Crippen LogP contribution in [0.1, 0.15) is 37.7 Å². The van der Waals surface area contributed by atoms with E-state index in [4.69, 9.17) is 4.74 Å². The van der Waals surface area contributed by atoms with E-state index < -0.39 is 5.60 Å². The van der Waals surface area contributed by atoms with Crippen molar-refractivity contribution in [1.29, 1.82) is 0 Å². The molecule has 0 spiro atoms. The van der Waals surface area contributed by atoms with Crippen molar-refractivity contribution in [3.63, 3.8) is 0 Å². The summed E-state index contributed by atoms with van der Waals surface area (Å²) in [5, 5.41) is 18.6. The van der Waals surface area contributed by atoms with E-state index in [-0.39, 0.29) is 5.92 Å². The number of piperidine rings is 1. The molecule has 1 aromatic heterocycles. The molecule has 0 saturated carbocycles. The molecule has 4 heteroatoms. The molecule has 1 saturated heterocycles. The van der Waals surface area contributed by atoms with Gasteiger partial charge in [0.1, 0.15) is 0 Å². The Morgan fingerprint density at radius 3 is 3.04 bits per heavy atom. The van der Waals surface area contributed by atoms with Crippen LogP contribution in [0.2, 0.25) is 0 Å². The molecule has 0 aliphatic carbocycles. The molecule has 3 nitrogen and oxygen atoms in total. The number of unbranched alkanes of at least 4 members (excludes halogenated alkanes) is 1. The molecule has 1 fully saturated rings. The van der Waals surface area contributed by atoms with Gasteiger partial charge < -0.3 is 15.2 Å². The van der Waals surface area contributed by atoms with Crippen LogP contribution in [0.4, 0.5) is 0 Å². The number of nitrogens with one attached hydrogen (secondary N) is 1. The minimum absolute atomic E-state index is 0.284. The van der Waals surface area contributed by atoms with Gasteiger partial charge in [0, 0.05) is 36.4 Å². The number of benzene rings is 1. The average molecular weight is 333 g/mol. The van der Waals surface area contributed by atoms with Crippen LogP contribution in [-0.4, -0.2) is 31.9 Å². The molecule has 1 aliphatic rings. The van der Waals surface area contributed by atoms with E-state index >= 15 is 0 Å². The third-order valence-corrected chi connectivity index (χ3v) is 6.04. The van der Waals surface area contributed by atoms with Gasteiger partial charge in [-0.2, -0.15) is 0 Å². The zero-order valence-electron chi connectivity index (χ0n) is 13.9. The molecule has 2 aromatic rings. The maximum atomic E-state index is 11.7. The lowest BCUT2D eigenvalue weighted by Gasteiger charge is -2.39.